The van der Waals surface area contributed by atoms with Crippen molar-refractivity contribution in [3.63, 3.8) is 0 Å². The van der Waals surface area contributed by atoms with Gasteiger partial charge in [-0.05, 0) is 42.2 Å². The summed E-state index contributed by atoms with van der Waals surface area (Å²) in [7, 11) is 0. The number of rotatable bonds is 4. The fourth-order valence-corrected chi connectivity index (χ4v) is 3.48. The molecule has 1 aromatic heterocycles. The smallest absolute Gasteiger partial charge is 0.326 e. The Morgan fingerprint density at radius 3 is 2.85 bits per heavy atom. The SMILES string of the molecule is CC(C)[C@H](NC(=O)NC1CCCc2sccc21)C(=O)O. The monoisotopic (exact) mass is 296 g/mol. The van der Waals surface area contributed by atoms with Crippen LogP contribution in [0.2, 0.25) is 0 Å². The van der Waals surface area contributed by atoms with Gasteiger partial charge in [0, 0.05) is 4.88 Å². The van der Waals surface area contributed by atoms with Gasteiger partial charge in [-0.25, -0.2) is 9.59 Å². The summed E-state index contributed by atoms with van der Waals surface area (Å²) in [5.41, 5.74) is 1.17. The molecule has 0 aliphatic heterocycles. The molecule has 2 atom stereocenters. The number of thiophene rings is 1. The molecule has 2 rings (SSSR count). The zero-order valence-electron chi connectivity index (χ0n) is 11.7. The zero-order chi connectivity index (χ0) is 14.7. The number of nitrogens with one attached hydrogen (secondary N) is 2. The van der Waals surface area contributed by atoms with Crippen molar-refractivity contribution in [1.29, 1.82) is 0 Å². The molecule has 1 unspecified atom stereocenters. The third kappa shape index (κ3) is 3.30. The molecule has 0 radical (unpaired) electrons. The van der Waals surface area contributed by atoms with Gasteiger partial charge in [0.05, 0.1) is 6.04 Å². The van der Waals surface area contributed by atoms with Crippen molar-refractivity contribution in [3.8, 4) is 0 Å². The standard InChI is InChI=1S/C14H20N2O3S/c1-8(2)12(13(17)18)16-14(19)15-10-4-3-5-11-9(10)6-7-20-11/h6-8,10,12H,3-5H2,1-2H3,(H,17,18)(H2,15,16,19)/t10?,12-/m0/s1. The van der Waals surface area contributed by atoms with E-state index in [1.807, 2.05) is 11.4 Å². The quantitative estimate of drug-likeness (QED) is 0.799. The molecule has 110 valence electrons. The third-order valence-electron chi connectivity index (χ3n) is 3.58. The molecule has 0 bridgehead atoms. The summed E-state index contributed by atoms with van der Waals surface area (Å²) in [6.45, 7) is 3.55. The number of carbonyl (C=O) groups excluding carboxylic acids is 1. The molecule has 0 spiro atoms. The lowest BCUT2D eigenvalue weighted by molar-refractivity contribution is -0.140. The van der Waals surface area contributed by atoms with Crippen molar-refractivity contribution in [2.45, 2.75) is 45.2 Å². The van der Waals surface area contributed by atoms with E-state index in [-0.39, 0.29) is 12.0 Å². The first kappa shape index (κ1) is 14.8. The highest BCUT2D eigenvalue weighted by molar-refractivity contribution is 7.10. The zero-order valence-corrected chi connectivity index (χ0v) is 12.5. The maximum absolute atomic E-state index is 12.0. The van der Waals surface area contributed by atoms with Gasteiger partial charge in [-0.3, -0.25) is 0 Å². The normalized spacial score (nSPS) is 19.2. The molecule has 6 heteroatoms. The number of carboxylic acids is 1. The van der Waals surface area contributed by atoms with E-state index in [9.17, 15) is 9.59 Å². The van der Waals surface area contributed by atoms with E-state index in [0.29, 0.717) is 0 Å². The number of amides is 2. The highest BCUT2D eigenvalue weighted by Gasteiger charge is 2.26. The third-order valence-corrected chi connectivity index (χ3v) is 4.57. The molecule has 0 saturated heterocycles. The van der Waals surface area contributed by atoms with E-state index in [2.05, 4.69) is 10.6 Å². The summed E-state index contributed by atoms with van der Waals surface area (Å²) >= 11 is 1.71. The Bertz CT molecular complexity index is 498. The molecule has 1 aromatic rings. The molecule has 0 saturated carbocycles. The summed E-state index contributed by atoms with van der Waals surface area (Å²) in [4.78, 5) is 24.4. The van der Waals surface area contributed by atoms with Crippen LogP contribution in [-0.2, 0) is 11.2 Å². The maximum atomic E-state index is 12.0. The van der Waals surface area contributed by atoms with E-state index in [0.717, 1.165) is 19.3 Å². The number of aryl methyl sites for hydroxylation is 1. The molecule has 0 fully saturated rings. The van der Waals surface area contributed by atoms with Crippen LogP contribution in [0.1, 0.15) is 43.2 Å². The Labute approximate surface area is 122 Å². The van der Waals surface area contributed by atoms with Crippen molar-refractivity contribution < 1.29 is 14.7 Å². The highest BCUT2D eigenvalue weighted by atomic mass is 32.1. The average molecular weight is 296 g/mol. The minimum absolute atomic E-state index is 0.00777. The van der Waals surface area contributed by atoms with Gasteiger partial charge in [-0.1, -0.05) is 13.8 Å². The van der Waals surface area contributed by atoms with Crippen LogP contribution in [0, 0.1) is 5.92 Å². The van der Waals surface area contributed by atoms with E-state index < -0.39 is 18.0 Å². The lowest BCUT2D eigenvalue weighted by Gasteiger charge is -2.25. The van der Waals surface area contributed by atoms with Crippen LogP contribution < -0.4 is 10.6 Å². The second-order valence-electron chi connectivity index (χ2n) is 5.42. The van der Waals surface area contributed by atoms with Gasteiger partial charge in [0.2, 0.25) is 0 Å². The van der Waals surface area contributed by atoms with Gasteiger partial charge >= 0.3 is 12.0 Å². The van der Waals surface area contributed by atoms with Crippen molar-refractivity contribution in [2.75, 3.05) is 0 Å². The molecule has 1 aliphatic carbocycles. The first-order valence-electron chi connectivity index (χ1n) is 6.85. The van der Waals surface area contributed by atoms with Crippen molar-refractivity contribution in [2.24, 2.45) is 5.92 Å². The predicted octanol–water partition coefficient (Wildman–Crippen LogP) is 2.53. The number of hydrogen-bond acceptors (Lipinski definition) is 3. The van der Waals surface area contributed by atoms with Crippen LogP contribution in [0.15, 0.2) is 11.4 Å². The van der Waals surface area contributed by atoms with Crippen molar-refractivity contribution >= 4 is 23.3 Å². The molecule has 1 aliphatic rings. The highest BCUT2D eigenvalue weighted by Crippen LogP contribution is 2.33. The van der Waals surface area contributed by atoms with Crippen LogP contribution >= 0.6 is 11.3 Å². The average Bonchev–Trinajstić information content (AvgIpc) is 2.84. The molecule has 2 amide bonds. The number of hydrogen-bond donors (Lipinski definition) is 3. The summed E-state index contributed by atoms with van der Waals surface area (Å²) in [6.07, 6.45) is 3.01. The van der Waals surface area contributed by atoms with Gasteiger partial charge in [0.25, 0.3) is 0 Å². The first-order valence-corrected chi connectivity index (χ1v) is 7.73. The summed E-state index contributed by atoms with van der Waals surface area (Å²) in [5, 5.41) is 16.6. The fraction of sp³-hybridized carbons (Fsp3) is 0.571. The maximum Gasteiger partial charge on any atom is 0.326 e. The summed E-state index contributed by atoms with van der Waals surface area (Å²) in [6, 6.07) is 0.767. The molecule has 3 N–H and O–H groups in total. The van der Waals surface area contributed by atoms with Gasteiger partial charge in [-0.2, -0.15) is 0 Å². The summed E-state index contributed by atoms with van der Waals surface area (Å²) < 4.78 is 0. The lowest BCUT2D eigenvalue weighted by Crippen LogP contribution is -2.49. The van der Waals surface area contributed by atoms with E-state index >= 15 is 0 Å². The molecule has 1 heterocycles. The molecule has 0 aromatic carbocycles. The molecule has 5 nitrogen and oxygen atoms in total. The van der Waals surface area contributed by atoms with Crippen LogP contribution in [0.4, 0.5) is 4.79 Å². The minimum Gasteiger partial charge on any atom is -0.480 e. The number of urea groups is 1. The van der Waals surface area contributed by atoms with E-state index in [4.69, 9.17) is 5.11 Å². The second-order valence-corrected chi connectivity index (χ2v) is 6.42. The lowest BCUT2D eigenvalue weighted by atomic mass is 9.94. The Kier molecular flexibility index (Phi) is 4.65. The number of fused-ring (bicyclic) bond motifs is 1. The second kappa shape index (κ2) is 6.26. The number of carboxylic acid groups (broad SMARTS) is 1. The predicted molar refractivity (Wildman–Crippen MR) is 77.9 cm³/mol. The van der Waals surface area contributed by atoms with Gasteiger partial charge < -0.3 is 15.7 Å². The Balaban J connectivity index is 1.98. The first-order chi connectivity index (χ1) is 9.49. The van der Waals surface area contributed by atoms with Gasteiger partial charge in [0.1, 0.15) is 6.04 Å². The van der Waals surface area contributed by atoms with Crippen LogP contribution in [0.3, 0.4) is 0 Å². The largest absolute Gasteiger partial charge is 0.480 e. The van der Waals surface area contributed by atoms with E-state index in [1.165, 1.54) is 10.4 Å². The van der Waals surface area contributed by atoms with Crippen molar-refractivity contribution in [1.82, 2.24) is 10.6 Å². The van der Waals surface area contributed by atoms with Gasteiger partial charge in [0.15, 0.2) is 0 Å². The molecular formula is C14H20N2O3S. The topological polar surface area (TPSA) is 78.4 Å². The Morgan fingerprint density at radius 1 is 1.45 bits per heavy atom. The minimum atomic E-state index is -1.00. The molecular weight excluding hydrogens is 276 g/mol. The number of aliphatic carboxylic acids is 1. The summed E-state index contributed by atoms with van der Waals surface area (Å²) in [5.74, 6) is -1.16. The van der Waals surface area contributed by atoms with E-state index in [1.54, 1.807) is 25.2 Å². The van der Waals surface area contributed by atoms with Crippen LogP contribution in [-0.4, -0.2) is 23.1 Å². The van der Waals surface area contributed by atoms with Crippen molar-refractivity contribution in [3.05, 3.63) is 21.9 Å². The molecule has 20 heavy (non-hydrogen) atoms. The Hall–Kier alpha value is -1.56. The number of carbonyl (C=O) groups is 2. The van der Waals surface area contributed by atoms with Crippen LogP contribution in [0.25, 0.3) is 0 Å². The van der Waals surface area contributed by atoms with Gasteiger partial charge in [-0.15, -0.1) is 11.3 Å². The Morgan fingerprint density at radius 2 is 2.20 bits per heavy atom. The fourth-order valence-electron chi connectivity index (χ4n) is 2.49. The van der Waals surface area contributed by atoms with Crippen LogP contribution in [0.5, 0.6) is 0 Å².